The molecule has 0 fully saturated rings. The van der Waals surface area contributed by atoms with Crippen LogP contribution in [0.15, 0.2) is 76.1 Å². The van der Waals surface area contributed by atoms with E-state index >= 15 is 0 Å². The Labute approximate surface area is 208 Å². The van der Waals surface area contributed by atoms with E-state index in [2.05, 4.69) is 32.5 Å². The highest BCUT2D eigenvalue weighted by Gasteiger charge is 2.37. The van der Waals surface area contributed by atoms with Gasteiger partial charge in [0.05, 0.1) is 30.1 Å². The minimum absolute atomic E-state index is 0.0446. The number of ether oxygens (including phenoxy) is 1. The molecular formula is C26H27N5O5. The molecule has 186 valence electrons. The summed E-state index contributed by atoms with van der Waals surface area (Å²) < 4.78 is 10.7. The van der Waals surface area contributed by atoms with Crippen molar-refractivity contribution >= 4 is 17.2 Å². The van der Waals surface area contributed by atoms with Crippen LogP contribution < -0.4 is 5.32 Å². The average molecular weight is 490 g/mol. The predicted molar refractivity (Wildman–Crippen MR) is 132 cm³/mol. The number of nitro benzene ring substituents is 1. The molecule has 3 aromatic rings. The summed E-state index contributed by atoms with van der Waals surface area (Å²) in [5.41, 5.74) is 4.12. The molecule has 0 radical (unpaired) electrons. The fourth-order valence-electron chi connectivity index (χ4n) is 4.40. The van der Waals surface area contributed by atoms with E-state index in [1.165, 1.54) is 24.8 Å². The topological polar surface area (TPSA) is 124 Å². The Morgan fingerprint density at radius 1 is 1.11 bits per heavy atom. The molecule has 1 aromatic heterocycles. The normalized spacial score (nSPS) is 15.8. The summed E-state index contributed by atoms with van der Waals surface area (Å²) in [6.45, 7) is 4.81. The molecule has 4 rings (SSSR count). The highest BCUT2D eigenvalue weighted by Crippen LogP contribution is 2.43. The number of carbonyl (C=O) groups excluding carboxylic acids is 1. The van der Waals surface area contributed by atoms with E-state index < -0.39 is 16.8 Å². The molecule has 36 heavy (non-hydrogen) atoms. The van der Waals surface area contributed by atoms with Crippen molar-refractivity contribution < 1.29 is 19.0 Å². The number of carbonyl (C=O) groups is 1. The van der Waals surface area contributed by atoms with E-state index in [0.717, 1.165) is 5.70 Å². The first-order valence-corrected chi connectivity index (χ1v) is 11.3. The highest BCUT2D eigenvalue weighted by molar-refractivity contribution is 5.96. The smallest absolute Gasteiger partial charge is 0.336 e. The van der Waals surface area contributed by atoms with Crippen molar-refractivity contribution in [3.05, 3.63) is 105 Å². The second-order valence-electron chi connectivity index (χ2n) is 8.65. The van der Waals surface area contributed by atoms with Gasteiger partial charge < -0.3 is 14.6 Å². The Kier molecular flexibility index (Phi) is 7.25. The van der Waals surface area contributed by atoms with Crippen molar-refractivity contribution in [3.63, 3.8) is 0 Å². The lowest BCUT2D eigenvalue weighted by Crippen LogP contribution is -2.28. The van der Waals surface area contributed by atoms with Gasteiger partial charge in [0.25, 0.3) is 11.6 Å². The van der Waals surface area contributed by atoms with Crippen LogP contribution in [0.4, 0.5) is 5.69 Å². The minimum Gasteiger partial charge on any atom is -0.466 e. The Hall–Kier alpha value is -4.31. The lowest BCUT2D eigenvalue weighted by atomic mass is 9.80. The van der Waals surface area contributed by atoms with Crippen LogP contribution in [0.3, 0.4) is 0 Å². The molecule has 0 saturated carbocycles. The number of dihydropyridines is 1. The molecule has 10 heteroatoms. The van der Waals surface area contributed by atoms with Crippen molar-refractivity contribution in [1.29, 1.82) is 0 Å². The Morgan fingerprint density at radius 3 is 2.44 bits per heavy atom. The molecule has 0 spiro atoms. The number of hydrogen-bond acceptors (Lipinski definition) is 9. The number of non-ortho nitro benzene ring substituents is 1. The largest absolute Gasteiger partial charge is 0.466 e. The van der Waals surface area contributed by atoms with Gasteiger partial charge in [-0.3, -0.25) is 15.0 Å². The Balaban J connectivity index is 1.68. The van der Waals surface area contributed by atoms with E-state index in [9.17, 15) is 14.9 Å². The summed E-state index contributed by atoms with van der Waals surface area (Å²) in [7, 11) is 3.28. The third-order valence-electron chi connectivity index (χ3n) is 6.01. The molecule has 1 unspecified atom stereocenters. The number of hydrogen-bond donors (Lipinski definition) is 1. The zero-order chi connectivity index (χ0) is 25.8. The van der Waals surface area contributed by atoms with Crippen LogP contribution in [0.2, 0.25) is 0 Å². The molecule has 1 aliphatic heterocycles. The third kappa shape index (κ3) is 5.18. The zero-order valence-corrected chi connectivity index (χ0v) is 20.5. The van der Waals surface area contributed by atoms with Crippen LogP contribution in [-0.2, 0) is 22.6 Å². The first-order chi connectivity index (χ1) is 17.3. The van der Waals surface area contributed by atoms with Gasteiger partial charge in [0.15, 0.2) is 5.82 Å². The van der Waals surface area contributed by atoms with Gasteiger partial charge in [0.1, 0.15) is 0 Å². The standard InChI is InChI=1S/C26H27N5O5/c1-16-22(25-28-21(29-36-25)15-30(3)14-18-8-6-5-7-9-18)24(23(17(2)27-16)26(32)35-4)19-10-12-20(13-11-19)31(33)34/h5-13,24,27H,14-15H2,1-4H3. The Morgan fingerprint density at radius 2 is 1.81 bits per heavy atom. The van der Waals surface area contributed by atoms with Gasteiger partial charge >= 0.3 is 5.97 Å². The van der Waals surface area contributed by atoms with Crippen molar-refractivity contribution in [2.24, 2.45) is 0 Å². The first-order valence-electron chi connectivity index (χ1n) is 11.3. The molecule has 0 aliphatic carbocycles. The molecule has 1 atom stereocenters. The molecule has 0 amide bonds. The van der Waals surface area contributed by atoms with E-state index in [4.69, 9.17) is 9.26 Å². The number of benzene rings is 2. The Bertz CT molecular complexity index is 1330. The molecule has 10 nitrogen and oxygen atoms in total. The SMILES string of the molecule is COC(=O)C1=C(C)NC(C)=C(c2nc(CN(C)Cc3ccccc3)no2)C1c1ccc([N+](=O)[O-])cc1. The monoisotopic (exact) mass is 489 g/mol. The number of rotatable bonds is 8. The van der Waals surface area contributed by atoms with Gasteiger partial charge in [0.2, 0.25) is 0 Å². The summed E-state index contributed by atoms with van der Waals surface area (Å²) in [5, 5.41) is 18.6. The maximum Gasteiger partial charge on any atom is 0.336 e. The molecule has 2 heterocycles. The second kappa shape index (κ2) is 10.5. The fourth-order valence-corrected chi connectivity index (χ4v) is 4.40. The van der Waals surface area contributed by atoms with Crippen LogP contribution in [0.1, 0.15) is 42.6 Å². The van der Waals surface area contributed by atoms with Gasteiger partial charge in [-0.05, 0) is 32.0 Å². The first kappa shape index (κ1) is 24.8. The minimum atomic E-state index is -0.616. The van der Waals surface area contributed by atoms with Crippen LogP contribution >= 0.6 is 0 Å². The zero-order valence-electron chi connectivity index (χ0n) is 20.5. The van der Waals surface area contributed by atoms with Gasteiger partial charge in [-0.15, -0.1) is 0 Å². The number of nitrogens with one attached hydrogen (secondary N) is 1. The molecular weight excluding hydrogens is 462 g/mol. The van der Waals surface area contributed by atoms with Gasteiger partial charge in [-0.25, -0.2) is 4.79 Å². The van der Waals surface area contributed by atoms with E-state index in [0.29, 0.717) is 41.3 Å². The number of aromatic nitrogens is 2. The summed E-state index contributed by atoms with van der Waals surface area (Å²) in [6, 6.07) is 16.1. The lowest BCUT2D eigenvalue weighted by molar-refractivity contribution is -0.384. The van der Waals surface area contributed by atoms with Crippen LogP contribution in [0, 0.1) is 10.1 Å². The quantitative estimate of drug-likeness (QED) is 0.282. The van der Waals surface area contributed by atoms with Gasteiger partial charge in [-0.1, -0.05) is 47.6 Å². The van der Waals surface area contributed by atoms with Crippen molar-refractivity contribution in [2.45, 2.75) is 32.9 Å². The molecule has 0 bridgehead atoms. The molecule has 1 N–H and O–H groups in total. The van der Waals surface area contributed by atoms with Crippen molar-refractivity contribution in [2.75, 3.05) is 14.2 Å². The summed E-state index contributed by atoms with van der Waals surface area (Å²) in [4.78, 5) is 30.2. The van der Waals surface area contributed by atoms with Crippen LogP contribution in [-0.4, -0.2) is 40.1 Å². The summed E-state index contributed by atoms with van der Waals surface area (Å²) in [6.07, 6.45) is 0. The molecule has 0 saturated heterocycles. The van der Waals surface area contributed by atoms with Crippen molar-refractivity contribution in [1.82, 2.24) is 20.4 Å². The summed E-state index contributed by atoms with van der Waals surface area (Å²) in [5.74, 6) is -0.372. The molecule has 2 aromatic carbocycles. The predicted octanol–water partition coefficient (Wildman–Crippen LogP) is 4.17. The number of nitrogens with zero attached hydrogens (tertiary/aromatic N) is 4. The highest BCUT2D eigenvalue weighted by atomic mass is 16.6. The maximum atomic E-state index is 12.8. The number of methoxy groups -OCH3 is 1. The van der Waals surface area contributed by atoms with Gasteiger partial charge in [-0.2, -0.15) is 4.98 Å². The third-order valence-corrected chi connectivity index (χ3v) is 6.01. The van der Waals surface area contributed by atoms with E-state index in [1.54, 1.807) is 19.1 Å². The summed E-state index contributed by atoms with van der Waals surface area (Å²) >= 11 is 0. The molecule has 1 aliphatic rings. The van der Waals surface area contributed by atoms with Crippen molar-refractivity contribution in [3.8, 4) is 0 Å². The average Bonchev–Trinajstić information content (AvgIpc) is 3.31. The number of allylic oxidation sites excluding steroid dienone is 3. The van der Waals surface area contributed by atoms with E-state index in [1.807, 2.05) is 32.2 Å². The van der Waals surface area contributed by atoms with Crippen LogP contribution in [0.25, 0.3) is 5.57 Å². The van der Waals surface area contributed by atoms with Crippen LogP contribution in [0.5, 0.6) is 0 Å². The van der Waals surface area contributed by atoms with Gasteiger partial charge in [0, 0.05) is 35.6 Å². The second-order valence-corrected chi connectivity index (χ2v) is 8.65. The lowest BCUT2D eigenvalue weighted by Gasteiger charge is -2.29. The maximum absolute atomic E-state index is 12.8. The number of nitro groups is 1. The fraction of sp³-hybridized carbons (Fsp3) is 0.269. The number of esters is 1. The van der Waals surface area contributed by atoms with E-state index in [-0.39, 0.29) is 11.6 Å².